The Balaban J connectivity index is 2.07. The number of carboxylic acid groups (broad SMARTS) is 1. The van der Waals surface area contributed by atoms with Crippen molar-refractivity contribution in [1.82, 2.24) is 0 Å². The Morgan fingerprint density at radius 3 is 2.65 bits per heavy atom. The summed E-state index contributed by atoms with van der Waals surface area (Å²) >= 11 is 0. The smallest absolute Gasteiger partial charge is 0.305 e. The molecule has 1 saturated carbocycles. The number of rotatable bonds is 4. The lowest BCUT2D eigenvalue weighted by molar-refractivity contribution is -0.320. The number of carbonyl (C=O) groups is 1. The van der Waals surface area contributed by atoms with Crippen molar-refractivity contribution < 1.29 is 19.4 Å². The molecule has 2 atom stereocenters. The van der Waals surface area contributed by atoms with E-state index in [1.165, 1.54) is 6.42 Å². The van der Waals surface area contributed by atoms with Gasteiger partial charge in [-0.2, -0.15) is 0 Å². The maximum absolute atomic E-state index is 11.0. The van der Waals surface area contributed by atoms with Gasteiger partial charge in [-0.1, -0.05) is 30.7 Å². The summed E-state index contributed by atoms with van der Waals surface area (Å²) in [5.41, 5.74) is 0. The lowest BCUT2D eigenvalue weighted by atomic mass is 9.91. The number of aliphatic carboxylic acids is 1. The molecule has 0 aromatic carbocycles. The lowest BCUT2D eigenvalue weighted by Gasteiger charge is -2.46. The van der Waals surface area contributed by atoms with Crippen LogP contribution in [0.5, 0.6) is 0 Å². The first-order valence-electron chi connectivity index (χ1n) is 7.50. The highest BCUT2D eigenvalue weighted by molar-refractivity contribution is 5.67. The van der Waals surface area contributed by atoms with Crippen molar-refractivity contribution in [3.63, 3.8) is 0 Å². The summed E-state index contributed by atoms with van der Waals surface area (Å²) in [5.74, 6) is -1.36. The zero-order valence-corrected chi connectivity index (χ0v) is 12.1. The Morgan fingerprint density at radius 1 is 1.25 bits per heavy atom. The normalized spacial score (nSPS) is 30.2. The second-order valence-electron chi connectivity index (χ2n) is 5.61. The summed E-state index contributed by atoms with van der Waals surface area (Å²) in [6.07, 6.45) is 13.4. The molecule has 1 spiro atoms. The average molecular weight is 280 g/mol. The zero-order valence-electron chi connectivity index (χ0n) is 12.1. The van der Waals surface area contributed by atoms with Crippen LogP contribution in [0.1, 0.15) is 51.9 Å². The first-order chi connectivity index (χ1) is 9.63. The molecule has 1 heterocycles. The monoisotopic (exact) mass is 280 g/mol. The molecule has 1 saturated heterocycles. The third-order valence-electron chi connectivity index (χ3n) is 3.89. The van der Waals surface area contributed by atoms with Crippen molar-refractivity contribution >= 4 is 5.97 Å². The minimum Gasteiger partial charge on any atom is -0.481 e. The van der Waals surface area contributed by atoms with Gasteiger partial charge in [0.2, 0.25) is 0 Å². The highest BCUT2D eigenvalue weighted by Crippen LogP contribution is 2.40. The molecule has 1 N–H and O–H groups in total. The van der Waals surface area contributed by atoms with Gasteiger partial charge in [0.1, 0.15) is 0 Å². The van der Waals surface area contributed by atoms with Crippen molar-refractivity contribution in [3.8, 4) is 0 Å². The van der Waals surface area contributed by atoms with Crippen LogP contribution in [0.15, 0.2) is 24.3 Å². The van der Waals surface area contributed by atoms with E-state index in [1.807, 2.05) is 31.2 Å². The molecule has 2 aliphatic rings. The van der Waals surface area contributed by atoms with Crippen molar-refractivity contribution in [2.24, 2.45) is 0 Å². The van der Waals surface area contributed by atoms with E-state index in [0.29, 0.717) is 6.42 Å². The second-order valence-corrected chi connectivity index (χ2v) is 5.61. The quantitative estimate of drug-likeness (QED) is 0.802. The van der Waals surface area contributed by atoms with Gasteiger partial charge in [0.25, 0.3) is 0 Å². The van der Waals surface area contributed by atoms with Gasteiger partial charge in [-0.15, -0.1) is 0 Å². The molecule has 4 nitrogen and oxygen atoms in total. The van der Waals surface area contributed by atoms with Crippen LogP contribution >= 0.6 is 0 Å². The molecule has 20 heavy (non-hydrogen) atoms. The Bertz CT molecular complexity index is 380. The molecule has 0 aromatic rings. The predicted octanol–water partition coefficient (Wildman–Crippen LogP) is 3.43. The fourth-order valence-corrected chi connectivity index (χ4v) is 3.03. The Kier molecular flexibility index (Phi) is 5.38. The van der Waals surface area contributed by atoms with Crippen LogP contribution in [-0.4, -0.2) is 29.1 Å². The standard InChI is InChI=1S/C16H24O4/c1-2-3-5-8-13-11-14(12-15(17)18)20-16(19-13)9-6-4-7-10-16/h2-3,5,8,13-14H,4,6-7,9-12H2,1H3,(H,17,18)/b3-2+,8-5+. The molecule has 2 rings (SSSR count). The van der Waals surface area contributed by atoms with E-state index in [9.17, 15) is 4.79 Å². The molecule has 0 radical (unpaired) electrons. The topological polar surface area (TPSA) is 55.8 Å². The van der Waals surface area contributed by atoms with E-state index < -0.39 is 11.8 Å². The summed E-state index contributed by atoms with van der Waals surface area (Å²) < 4.78 is 12.1. The van der Waals surface area contributed by atoms with Crippen molar-refractivity contribution in [1.29, 1.82) is 0 Å². The van der Waals surface area contributed by atoms with E-state index >= 15 is 0 Å². The summed E-state index contributed by atoms with van der Waals surface area (Å²) in [6.45, 7) is 1.96. The third-order valence-corrected chi connectivity index (χ3v) is 3.89. The van der Waals surface area contributed by atoms with Gasteiger partial charge >= 0.3 is 5.97 Å². The maximum Gasteiger partial charge on any atom is 0.305 e. The van der Waals surface area contributed by atoms with Crippen molar-refractivity contribution in [2.75, 3.05) is 0 Å². The van der Waals surface area contributed by atoms with Crippen LogP contribution < -0.4 is 0 Å². The summed E-state index contributed by atoms with van der Waals surface area (Å²) in [7, 11) is 0. The molecule has 1 aliphatic heterocycles. The van der Waals surface area contributed by atoms with Crippen LogP contribution in [0.25, 0.3) is 0 Å². The number of hydrogen-bond donors (Lipinski definition) is 1. The summed E-state index contributed by atoms with van der Waals surface area (Å²) in [4.78, 5) is 11.0. The molecule has 4 heteroatoms. The van der Waals surface area contributed by atoms with Gasteiger partial charge < -0.3 is 14.6 Å². The fourth-order valence-electron chi connectivity index (χ4n) is 3.03. The molecule has 1 aliphatic carbocycles. The minimum atomic E-state index is -0.806. The average Bonchev–Trinajstić information content (AvgIpc) is 2.38. The van der Waals surface area contributed by atoms with Crippen molar-refractivity contribution in [3.05, 3.63) is 24.3 Å². The molecule has 2 fully saturated rings. The highest BCUT2D eigenvalue weighted by Gasteiger charge is 2.43. The van der Waals surface area contributed by atoms with E-state index in [1.54, 1.807) is 0 Å². The molecular weight excluding hydrogens is 256 g/mol. The van der Waals surface area contributed by atoms with Gasteiger partial charge in [0.15, 0.2) is 5.79 Å². The van der Waals surface area contributed by atoms with Gasteiger partial charge in [0, 0.05) is 19.3 Å². The number of hydrogen-bond acceptors (Lipinski definition) is 3. The molecular formula is C16H24O4. The fraction of sp³-hybridized carbons (Fsp3) is 0.688. The van der Waals surface area contributed by atoms with Crippen LogP contribution in [0.4, 0.5) is 0 Å². The van der Waals surface area contributed by atoms with E-state index in [2.05, 4.69) is 0 Å². The first-order valence-corrected chi connectivity index (χ1v) is 7.50. The molecule has 0 amide bonds. The number of ether oxygens (including phenoxy) is 2. The van der Waals surface area contributed by atoms with Crippen LogP contribution in [0.2, 0.25) is 0 Å². The maximum atomic E-state index is 11.0. The van der Waals surface area contributed by atoms with Gasteiger partial charge in [-0.05, 0) is 19.8 Å². The Hall–Kier alpha value is -1.13. The Morgan fingerprint density at radius 2 is 2.00 bits per heavy atom. The Labute approximate surface area is 120 Å². The van der Waals surface area contributed by atoms with Crippen LogP contribution in [-0.2, 0) is 14.3 Å². The van der Waals surface area contributed by atoms with E-state index in [0.717, 1.165) is 25.7 Å². The SMILES string of the molecule is C/C=C/C=C/C1CC(CC(=O)O)OC2(CCCCC2)O1. The summed E-state index contributed by atoms with van der Waals surface area (Å²) in [6, 6.07) is 0. The number of carboxylic acids is 1. The lowest BCUT2D eigenvalue weighted by Crippen LogP contribution is -2.49. The third kappa shape index (κ3) is 4.18. The molecule has 0 bridgehead atoms. The minimum absolute atomic E-state index is 0.0533. The van der Waals surface area contributed by atoms with E-state index in [-0.39, 0.29) is 18.6 Å². The largest absolute Gasteiger partial charge is 0.481 e. The van der Waals surface area contributed by atoms with Gasteiger partial charge in [0.05, 0.1) is 18.6 Å². The van der Waals surface area contributed by atoms with E-state index in [4.69, 9.17) is 14.6 Å². The summed E-state index contributed by atoms with van der Waals surface area (Å²) in [5, 5.41) is 9.00. The van der Waals surface area contributed by atoms with Gasteiger partial charge in [-0.25, -0.2) is 0 Å². The van der Waals surface area contributed by atoms with Crippen molar-refractivity contribution in [2.45, 2.75) is 69.9 Å². The van der Waals surface area contributed by atoms with Crippen LogP contribution in [0.3, 0.4) is 0 Å². The second kappa shape index (κ2) is 7.04. The molecule has 2 unspecified atom stereocenters. The van der Waals surface area contributed by atoms with Crippen LogP contribution in [0, 0.1) is 0 Å². The number of allylic oxidation sites excluding steroid dienone is 3. The molecule has 0 aromatic heterocycles. The highest BCUT2D eigenvalue weighted by atomic mass is 16.7. The zero-order chi connectivity index (χ0) is 14.4. The van der Waals surface area contributed by atoms with Gasteiger partial charge in [-0.3, -0.25) is 4.79 Å². The molecule has 112 valence electrons. The predicted molar refractivity (Wildman–Crippen MR) is 76.4 cm³/mol. The first kappa shape index (κ1) is 15.3.